The van der Waals surface area contributed by atoms with E-state index < -0.39 is 42.7 Å². The fraction of sp³-hybridized carbons (Fsp3) is 0.263. The summed E-state index contributed by atoms with van der Waals surface area (Å²) in [4.78, 5) is 12.5. The second-order valence-electron chi connectivity index (χ2n) is 6.89. The summed E-state index contributed by atoms with van der Waals surface area (Å²) in [6.07, 6.45) is -8.55. The van der Waals surface area contributed by atoms with E-state index in [1.807, 2.05) is 0 Å². The normalized spacial score (nSPS) is 18.6. The summed E-state index contributed by atoms with van der Waals surface area (Å²) >= 11 is 0. The fourth-order valence-corrected chi connectivity index (χ4v) is 3.30. The van der Waals surface area contributed by atoms with Crippen LogP contribution in [0.4, 0.5) is 37.8 Å². The van der Waals surface area contributed by atoms with E-state index in [0.29, 0.717) is 10.4 Å². The minimum atomic E-state index is -4.87. The van der Waals surface area contributed by atoms with Crippen molar-refractivity contribution < 1.29 is 40.3 Å². The maximum absolute atomic E-state index is 13.6. The predicted octanol–water partition coefficient (Wildman–Crippen LogP) is 5.29. The molecular formula is C19H14F6N4O3. The lowest BCUT2D eigenvalue weighted by molar-refractivity contribution is -0.274. The molecule has 0 saturated heterocycles. The van der Waals surface area contributed by atoms with Crippen LogP contribution in [-0.4, -0.2) is 28.2 Å². The van der Waals surface area contributed by atoms with Gasteiger partial charge in [0.1, 0.15) is 17.3 Å². The molecule has 1 aliphatic heterocycles. The maximum atomic E-state index is 13.6. The molecule has 1 aromatic carbocycles. The van der Waals surface area contributed by atoms with Crippen LogP contribution in [-0.2, 0) is 0 Å². The SMILES string of the molecule is O=C(Nc1ccc(OC(F)(F)F)cc1)c1cc2n(n1)[C@@H](C(F)(F)F)C[C@@H](c1ccco1)N2. The summed E-state index contributed by atoms with van der Waals surface area (Å²) in [6, 6.07) is 5.74. The summed E-state index contributed by atoms with van der Waals surface area (Å²) in [5, 5.41) is 9.04. The molecule has 2 N–H and O–H groups in total. The monoisotopic (exact) mass is 460 g/mol. The number of nitrogens with zero attached hydrogens (tertiary/aromatic N) is 2. The summed E-state index contributed by atoms with van der Waals surface area (Å²) < 4.78 is 87.2. The zero-order chi connectivity index (χ0) is 23.1. The molecule has 2 atom stereocenters. The molecule has 1 aliphatic rings. The largest absolute Gasteiger partial charge is 0.573 e. The van der Waals surface area contributed by atoms with E-state index in [9.17, 15) is 31.1 Å². The Morgan fingerprint density at radius 2 is 1.88 bits per heavy atom. The molecule has 32 heavy (non-hydrogen) atoms. The number of anilines is 2. The van der Waals surface area contributed by atoms with Crippen molar-refractivity contribution in [2.75, 3.05) is 10.6 Å². The Labute approximate surface area is 175 Å². The van der Waals surface area contributed by atoms with Gasteiger partial charge in [-0.25, -0.2) is 4.68 Å². The Bertz CT molecular complexity index is 1090. The molecule has 1 amide bonds. The highest BCUT2D eigenvalue weighted by molar-refractivity contribution is 6.03. The van der Waals surface area contributed by atoms with E-state index in [2.05, 4.69) is 20.5 Å². The molecule has 0 radical (unpaired) electrons. The first-order valence-electron chi connectivity index (χ1n) is 9.13. The number of carbonyl (C=O) groups excluding carboxylic acids is 1. The Morgan fingerprint density at radius 1 is 1.16 bits per heavy atom. The zero-order valence-corrected chi connectivity index (χ0v) is 15.9. The third-order valence-electron chi connectivity index (χ3n) is 4.65. The van der Waals surface area contributed by atoms with Crippen LogP contribution in [0.1, 0.15) is 34.8 Å². The van der Waals surface area contributed by atoms with Crippen molar-refractivity contribution in [3.05, 3.63) is 60.2 Å². The summed E-state index contributed by atoms with van der Waals surface area (Å²) in [5.41, 5.74) is -0.207. The number of ether oxygens (including phenoxy) is 1. The molecule has 3 aromatic rings. The van der Waals surface area contributed by atoms with Gasteiger partial charge in [0.2, 0.25) is 0 Å². The van der Waals surface area contributed by atoms with Crippen LogP contribution in [0.3, 0.4) is 0 Å². The number of furan rings is 1. The number of aromatic nitrogens is 2. The van der Waals surface area contributed by atoms with E-state index in [1.54, 1.807) is 6.07 Å². The van der Waals surface area contributed by atoms with E-state index in [4.69, 9.17) is 4.42 Å². The van der Waals surface area contributed by atoms with Crippen molar-refractivity contribution in [1.82, 2.24) is 9.78 Å². The predicted molar refractivity (Wildman–Crippen MR) is 98.1 cm³/mol. The number of nitrogens with one attached hydrogen (secondary N) is 2. The highest BCUT2D eigenvalue weighted by Gasteiger charge is 2.47. The molecule has 4 rings (SSSR count). The number of benzene rings is 1. The quantitative estimate of drug-likeness (QED) is 0.518. The number of hydrogen-bond acceptors (Lipinski definition) is 5. The molecule has 0 spiro atoms. The van der Waals surface area contributed by atoms with Crippen LogP contribution in [0.15, 0.2) is 53.1 Å². The van der Waals surface area contributed by atoms with Gasteiger partial charge in [-0.2, -0.15) is 18.3 Å². The average Bonchev–Trinajstić information content (AvgIpc) is 3.36. The molecular weight excluding hydrogens is 446 g/mol. The second kappa shape index (κ2) is 7.80. The molecule has 0 aliphatic carbocycles. The van der Waals surface area contributed by atoms with Crippen molar-refractivity contribution in [3.8, 4) is 5.75 Å². The molecule has 170 valence electrons. The smallest absolute Gasteiger partial charge is 0.467 e. The zero-order valence-electron chi connectivity index (χ0n) is 15.9. The topological polar surface area (TPSA) is 81.3 Å². The lowest BCUT2D eigenvalue weighted by Gasteiger charge is -2.32. The van der Waals surface area contributed by atoms with Crippen molar-refractivity contribution in [1.29, 1.82) is 0 Å². The first-order valence-corrected chi connectivity index (χ1v) is 9.13. The van der Waals surface area contributed by atoms with Crippen molar-refractivity contribution >= 4 is 17.4 Å². The third-order valence-corrected chi connectivity index (χ3v) is 4.65. The molecule has 0 unspecified atom stereocenters. The highest BCUT2D eigenvalue weighted by Crippen LogP contribution is 2.43. The maximum Gasteiger partial charge on any atom is 0.573 e. The van der Waals surface area contributed by atoms with Crippen molar-refractivity contribution in [2.45, 2.75) is 31.0 Å². The number of halogens is 6. The summed E-state index contributed by atoms with van der Waals surface area (Å²) in [6.45, 7) is 0. The van der Waals surface area contributed by atoms with Crippen LogP contribution in [0.2, 0.25) is 0 Å². The minimum Gasteiger partial charge on any atom is -0.467 e. The third kappa shape index (κ3) is 4.65. The van der Waals surface area contributed by atoms with Crippen molar-refractivity contribution in [3.63, 3.8) is 0 Å². The number of rotatable bonds is 4. The van der Waals surface area contributed by atoms with Gasteiger partial charge >= 0.3 is 12.5 Å². The minimum absolute atomic E-state index is 0.0287. The highest BCUT2D eigenvalue weighted by atomic mass is 19.4. The fourth-order valence-electron chi connectivity index (χ4n) is 3.30. The Hall–Kier alpha value is -3.64. The summed E-state index contributed by atoms with van der Waals surface area (Å²) in [5.74, 6) is -1.05. The van der Waals surface area contributed by atoms with Gasteiger partial charge in [0, 0.05) is 18.2 Å². The molecule has 7 nitrogen and oxygen atoms in total. The number of fused-ring (bicyclic) bond motifs is 1. The number of amides is 1. The van der Waals surface area contributed by atoms with E-state index in [1.165, 1.54) is 12.3 Å². The Kier molecular flexibility index (Phi) is 5.26. The molecule has 13 heteroatoms. The van der Waals surface area contributed by atoms with Gasteiger partial charge in [-0.1, -0.05) is 0 Å². The van der Waals surface area contributed by atoms with Gasteiger partial charge in [0.15, 0.2) is 11.7 Å². The van der Waals surface area contributed by atoms with Gasteiger partial charge < -0.3 is 19.8 Å². The van der Waals surface area contributed by atoms with Crippen LogP contribution >= 0.6 is 0 Å². The van der Waals surface area contributed by atoms with Gasteiger partial charge in [-0.3, -0.25) is 4.79 Å². The van der Waals surface area contributed by atoms with E-state index >= 15 is 0 Å². The molecule has 0 saturated carbocycles. The molecule has 3 heterocycles. The number of carbonyl (C=O) groups is 1. The molecule has 0 fully saturated rings. The standard InChI is InChI=1S/C19H14F6N4O3/c20-18(21,22)15-8-12(14-2-1-7-31-14)27-16-9-13(28-29(15)16)17(30)26-10-3-5-11(6-4-10)32-19(23,24)25/h1-7,9,12,15,27H,8H2,(H,26,30)/t12-,15+/m0/s1. The lowest BCUT2D eigenvalue weighted by atomic mass is 10.0. The Morgan fingerprint density at radius 3 is 2.47 bits per heavy atom. The second-order valence-corrected chi connectivity index (χ2v) is 6.89. The van der Waals surface area contributed by atoms with E-state index in [0.717, 1.165) is 30.3 Å². The number of alkyl halides is 6. The number of hydrogen-bond donors (Lipinski definition) is 2. The van der Waals surface area contributed by atoms with Crippen molar-refractivity contribution in [2.24, 2.45) is 0 Å². The average molecular weight is 460 g/mol. The lowest BCUT2D eigenvalue weighted by Crippen LogP contribution is -2.35. The first-order chi connectivity index (χ1) is 15.0. The van der Waals surface area contributed by atoms with Crippen LogP contribution < -0.4 is 15.4 Å². The van der Waals surface area contributed by atoms with Crippen LogP contribution in [0, 0.1) is 0 Å². The molecule has 2 aromatic heterocycles. The van der Waals surface area contributed by atoms with Crippen LogP contribution in [0.25, 0.3) is 0 Å². The first kappa shape index (κ1) is 21.6. The van der Waals surface area contributed by atoms with Gasteiger partial charge in [0.05, 0.1) is 12.3 Å². The Balaban J connectivity index is 1.54. The van der Waals surface area contributed by atoms with Gasteiger partial charge in [-0.15, -0.1) is 13.2 Å². The van der Waals surface area contributed by atoms with Gasteiger partial charge in [-0.05, 0) is 36.4 Å². The van der Waals surface area contributed by atoms with Gasteiger partial charge in [0.25, 0.3) is 5.91 Å². The van der Waals surface area contributed by atoms with Crippen LogP contribution in [0.5, 0.6) is 5.75 Å². The molecule has 0 bridgehead atoms. The summed E-state index contributed by atoms with van der Waals surface area (Å²) in [7, 11) is 0. The van der Waals surface area contributed by atoms with E-state index in [-0.39, 0.29) is 17.2 Å².